The number of rotatable bonds is 7. The van der Waals surface area contributed by atoms with Crippen LogP contribution in [0.3, 0.4) is 0 Å². The monoisotopic (exact) mass is 304 g/mol. The van der Waals surface area contributed by atoms with E-state index in [9.17, 15) is 4.79 Å². The van der Waals surface area contributed by atoms with Crippen LogP contribution in [0.5, 0.6) is 5.75 Å². The van der Waals surface area contributed by atoms with Crippen molar-refractivity contribution in [2.24, 2.45) is 11.3 Å². The number of methoxy groups -OCH3 is 2. The van der Waals surface area contributed by atoms with Gasteiger partial charge in [0.15, 0.2) is 0 Å². The molecule has 0 saturated carbocycles. The number of benzene rings is 1. The number of esters is 1. The van der Waals surface area contributed by atoms with Gasteiger partial charge in [-0.05, 0) is 30.5 Å². The molecule has 1 aliphatic heterocycles. The van der Waals surface area contributed by atoms with Gasteiger partial charge in [-0.2, -0.15) is 0 Å². The van der Waals surface area contributed by atoms with E-state index in [0.29, 0.717) is 26.1 Å². The van der Waals surface area contributed by atoms with Crippen molar-refractivity contribution in [1.82, 2.24) is 0 Å². The van der Waals surface area contributed by atoms with Crippen molar-refractivity contribution in [2.45, 2.75) is 26.4 Å². The first-order valence-corrected chi connectivity index (χ1v) is 7.50. The maximum Gasteiger partial charge on any atom is 0.313 e. The lowest BCUT2D eigenvalue weighted by molar-refractivity contribution is -0.146. The molecule has 1 unspecified atom stereocenters. The molecule has 0 amide bonds. The van der Waals surface area contributed by atoms with Gasteiger partial charge in [-0.3, -0.25) is 4.79 Å². The van der Waals surface area contributed by atoms with Gasteiger partial charge in [0.25, 0.3) is 0 Å². The van der Waals surface area contributed by atoms with Gasteiger partial charge in [0, 0.05) is 18.6 Å². The Kier molecular flexibility index (Phi) is 5.24. The van der Waals surface area contributed by atoms with E-state index in [4.69, 9.17) is 14.2 Å². The Hall–Kier alpha value is -1.81. The zero-order valence-corrected chi connectivity index (χ0v) is 13.6. The molecule has 1 aromatic rings. The average molecular weight is 304 g/mol. The molecular weight excluding hydrogens is 280 g/mol. The van der Waals surface area contributed by atoms with E-state index in [1.54, 1.807) is 14.2 Å². The highest BCUT2D eigenvalue weighted by molar-refractivity contribution is 5.80. The summed E-state index contributed by atoms with van der Waals surface area (Å²) < 4.78 is 15.9. The molecule has 2 rings (SSSR count). The van der Waals surface area contributed by atoms with Crippen molar-refractivity contribution in [3.8, 4) is 5.75 Å². The molecule has 0 N–H and O–H groups in total. The minimum atomic E-state index is -0.513. The molecule has 4 nitrogen and oxygen atoms in total. The van der Waals surface area contributed by atoms with Crippen LogP contribution < -0.4 is 4.74 Å². The van der Waals surface area contributed by atoms with E-state index in [-0.39, 0.29) is 11.9 Å². The average Bonchev–Trinajstić information content (AvgIpc) is 2.77. The highest BCUT2D eigenvalue weighted by Crippen LogP contribution is 2.42. The molecule has 0 bridgehead atoms. The maximum atomic E-state index is 12.3. The Balaban J connectivity index is 2.33. The Morgan fingerprint density at radius 2 is 2.23 bits per heavy atom. The van der Waals surface area contributed by atoms with Gasteiger partial charge in [0.05, 0.1) is 25.7 Å². The fraction of sp³-hybridized carbons (Fsp3) is 0.500. The van der Waals surface area contributed by atoms with Crippen molar-refractivity contribution in [3.05, 3.63) is 42.0 Å². The smallest absolute Gasteiger partial charge is 0.313 e. The van der Waals surface area contributed by atoms with E-state index >= 15 is 0 Å². The first kappa shape index (κ1) is 16.6. The van der Waals surface area contributed by atoms with Crippen molar-refractivity contribution in [1.29, 1.82) is 0 Å². The van der Waals surface area contributed by atoms with Gasteiger partial charge in [-0.15, -0.1) is 6.58 Å². The first-order chi connectivity index (χ1) is 10.6. The fourth-order valence-electron chi connectivity index (χ4n) is 3.14. The Morgan fingerprint density at radius 1 is 1.45 bits per heavy atom. The zero-order chi connectivity index (χ0) is 16.2. The van der Waals surface area contributed by atoms with Crippen molar-refractivity contribution in [2.75, 3.05) is 20.8 Å². The number of carbonyl (C=O) groups is 1. The lowest BCUT2D eigenvalue weighted by atomic mass is 9.71. The number of allylic oxidation sites excluding steroid dienone is 1. The molecule has 1 aromatic carbocycles. The highest BCUT2D eigenvalue weighted by Gasteiger charge is 2.49. The van der Waals surface area contributed by atoms with Crippen LogP contribution in [0.15, 0.2) is 30.9 Å². The Bertz CT molecular complexity index is 552. The molecular formula is C18H24O4. The molecule has 1 aliphatic rings. The third kappa shape index (κ3) is 3.02. The van der Waals surface area contributed by atoms with Crippen LogP contribution in [0.2, 0.25) is 0 Å². The second-order valence-electron chi connectivity index (χ2n) is 5.90. The highest BCUT2D eigenvalue weighted by atomic mass is 16.5. The largest absolute Gasteiger partial charge is 0.496 e. The van der Waals surface area contributed by atoms with Crippen LogP contribution >= 0.6 is 0 Å². The molecule has 0 aliphatic carbocycles. The summed E-state index contributed by atoms with van der Waals surface area (Å²) in [6.07, 6.45) is 3.07. The quantitative estimate of drug-likeness (QED) is 0.573. The molecule has 2 atom stereocenters. The van der Waals surface area contributed by atoms with Crippen molar-refractivity contribution in [3.63, 3.8) is 0 Å². The molecule has 4 heteroatoms. The van der Waals surface area contributed by atoms with E-state index in [1.807, 2.05) is 24.3 Å². The van der Waals surface area contributed by atoms with Gasteiger partial charge in [-0.1, -0.05) is 19.1 Å². The summed E-state index contributed by atoms with van der Waals surface area (Å²) in [5.74, 6) is 0.848. The third-order valence-corrected chi connectivity index (χ3v) is 4.49. The molecule has 1 saturated heterocycles. The molecule has 0 radical (unpaired) electrons. The van der Waals surface area contributed by atoms with Crippen molar-refractivity contribution >= 4 is 5.97 Å². The maximum absolute atomic E-state index is 12.3. The van der Waals surface area contributed by atoms with Gasteiger partial charge in [0.2, 0.25) is 0 Å². The van der Waals surface area contributed by atoms with Gasteiger partial charge >= 0.3 is 5.97 Å². The lowest BCUT2D eigenvalue weighted by Gasteiger charge is -2.28. The molecule has 1 fully saturated rings. The number of carbonyl (C=O) groups excluding carboxylic acids is 1. The minimum absolute atomic E-state index is 0.121. The van der Waals surface area contributed by atoms with Crippen LogP contribution in [0, 0.1) is 11.3 Å². The van der Waals surface area contributed by atoms with E-state index in [1.165, 1.54) is 0 Å². The summed E-state index contributed by atoms with van der Waals surface area (Å²) in [5, 5.41) is 0. The standard InChI is InChI=1S/C18H24O4/c1-5-8-18(13(2)11-22-17(18)19)10-14-6-7-16(21-4)15(9-14)12-20-3/h5-7,9,13H,1,8,10-12H2,2-4H3/t13?,18-/m1/s1. The van der Waals surface area contributed by atoms with E-state index in [0.717, 1.165) is 16.9 Å². The molecule has 1 heterocycles. The Labute approximate surface area is 132 Å². The van der Waals surface area contributed by atoms with Crippen LogP contribution in [0.1, 0.15) is 24.5 Å². The second-order valence-corrected chi connectivity index (χ2v) is 5.90. The van der Waals surface area contributed by atoms with Gasteiger partial charge < -0.3 is 14.2 Å². The Morgan fingerprint density at radius 3 is 2.77 bits per heavy atom. The van der Waals surface area contributed by atoms with Gasteiger partial charge in [-0.25, -0.2) is 0 Å². The summed E-state index contributed by atoms with van der Waals surface area (Å²) >= 11 is 0. The first-order valence-electron chi connectivity index (χ1n) is 7.50. The summed E-state index contributed by atoms with van der Waals surface area (Å²) in [4.78, 5) is 12.3. The lowest BCUT2D eigenvalue weighted by Crippen LogP contribution is -2.34. The van der Waals surface area contributed by atoms with Crippen LogP contribution in [-0.2, 0) is 27.3 Å². The van der Waals surface area contributed by atoms with Crippen LogP contribution in [0.25, 0.3) is 0 Å². The van der Waals surface area contributed by atoms with E-state index in [2.05, 4.69) is 13.5 Å². The number of hydrogen-bond donors (Lipinski definition) is 0. The molecule has 120 valence electrons. The fourth-order valence-corrected chi connectivity index (χ4v) is 3.14. The van der Waals surface area contributed by atoms with Gasteiger partial charge in [0.1, 0.15) is 5.75 Å². The van der Waals surface area contributed by atoms with E-state index < -0.39 is 5.41 Å². The topological polar surface area (TPSA) is 44.8 Å². The molecule has 0 spiro atoms. The summed E-state index contributed by atoms with van der Waals surface area (Å²) in [6, 6.07) is 5.98. The number of cyclic esters (lactones) is 1. The predicted octanol–water partition coefficient (Wildman–Crippen LogP) is 3.14. The normalized spacial score (nSPS) is 24.1. The second kappa shape index (κ2) is 6.97. The third-order valence-electron chi connectivity index (χ3n) is 4.49. The summed E-state index contributed by atoms with van der Waals surface area (Å²) in [6.45, 7) is 6.83. The number of ether oxygens (including phenoxy) is 3. The van der Waals surface area contributed by atoms with Crippen LogP contribution in [-0.4, -0.2) is 26.8 Å². The summed E-state index contributed by atoms with van der Waals surface area (Å²) in [5.41, 5.74) is 1.55. The molecule has 22 heavy (non-hydrogen) atoms. The predicted molar refractivity (Wildman–Crippen MR) is 84.8 cm³/mol. The van der Waals surface area contributed by atoms with Crippen molar-refractivity contribution < 1.29 is 19.0 Å². The minimum Gasteiger partial charge on any atom is -0.496 e. The zero-order valence-electron chi connectivity index (χ0n) is 13.6. The number of hydrogen-bond acceptors (Lipinski definition) is 4. The SMILES string of the molecule is C=CC[C@]1(Cc2ccc(OC)c(COC)c2)C(=O)OCC1C. The summed E-state index contributed by atoms with van der Waals surface area (Å²) in [7, 11) is 3.30. The van der Waals surface area contributed by atoms with Crippen LogP contribution in [0.4, 0.5) is 0 Å². The molecule has 0 aromatic heterocycles.